The van der Waals surface area contributed by atoms with E-state index in [4.69, 9.17) is 11.6 Å². The number of likely N-dealkylation sites (N-methyl/N-ethyl adjacent to an activating group) is 1. The minimum Gasteiger partial charge on any atom is -0.357 e. The number of hydrogen-bond acceptors (Lipinski definition) is 4. The predicted octanol–water partition coefficient (Wildman–Crippen LogP) is 5.48. The molecule has 4 rings (SSSR count). The molecule has 218 valence electrons. The third-order valence-electron chi connectivity index (χ3n) is 7.01. The van der Waals surface area contributed by atoms with Crippen LogP contribution in [-0.4, -0.2) is 44.8 Å². The number of nitrogens with one attached hydrogen (secondary N) is 1. The fraction of sp³-hybridized carbons (Fsp3) is 0.212. The summed E-state index contributed by atoms with van der Waals surface area (Å²) in [5.41, 5.74) is 2.77. The van der Waals surface area contributed by atoms with Gasteiger partial charge in [-0.15, -0.1) is 0 Å². The van der Waals surface area contributed by atoms with Gasteiger partial charge in [0.15, 0.2) is 0 Å². The van der Waals surface area contributed by atoms with E-state index < -0.39 is 28.5 Å². The monoisotopic (exact) mass is 603 g/mol. The lowest BCUT2D eigenvalue weighted by molar-refractivity contribution is -0.139. The first-order valence-corrected chi connectivity index (χ1v) is 15.5. The Bertz CT molecular complexity index is 1610. The minimum atomic E-state index is -4.14. The van der Waals surface area contributed by atoms with Crippen molar-refractivity contribution >= 4 is 39.1 Å². The van der Waals surface area contributed by atoms with Crippen LogP contribution in [0.2, 0.25) is 5.02 Å². The third kappa shape index (κ3) is 7.38. The molecule has 4 aromatic rings. The summed E-state index contributed by atoms with van der Waals surface area (Å²) in [7, 11) is -2.62. The van der Waals surface area contributed by atoms with Crippen molar-refractivity contribution in [3.8, 4) is 0 Å². The average molecular weight is 604 g/mol. The third-order valence-corrected chi connectivity index (χ3v) is 9.02. The molecule has 0 aromatic heterocycles. The number of sulfonamides is 1. The first-order chi connectivity index (χ1) is 20.2. The number of rotatable bonds is 12. The number of hydrogen-bond donors (Lipinski definition) is 1. The molecule has 0 bridgehead atoms. The predicted molar refractivity (Wildman–Crippen MR) is 167 cm³/mol. The Morgan fingerprint density at radius 1 is 0.833 bits per heavy atom. The second kappa shape index (κ2) is 14.2. The van der Waals surface area contributed by atoms with Crippen molar-refractivity contribution in [1.29, 1.82) is 0 Å². The van der Waals surface area contributed by atoms with Gasteiger partial charge in [0.1, 0.15) is 12.6 Å². The van der Waals surface area contributed by atoms with Crippen molar-refractivity contribution in [2.24, 2.45) is 0 Å². The van der Waals surface area contributed by atoms with E-state index in [0.29, 0.717) is 22.7 Å². The maximum Gasteiger partial charge on any atom is 0.264 e. The molecule has 0 radical (unpaired) electrons. The van der Waals surface area contributed by atoms with Gasteiger partial charge in [-0.1, -0.05) is 97.4 Å². The molecule has 0 saturated heterocycles. The summed E-state index contributed by atoms with van der Waals surface area (Å²) in [4.78, 5) is 29.2. The molecule has 0 spiro atoms. The van der Waals surface area contributed by atoms with Gasteiger partial charge in [0.2, 0.25) is 11.8 Å². The van der Waals surface area contributed by atoms with E-state index in [9.17, 15) is 18.0 Å². The van der Waals surface area contributed by atoms with Crippen molar-refractivity contribution in [3.63, 3.8) is 0 Å². The lowest BCUT2D eigenvalue weighted by Crippen LogP contribution is -2.53. The Morgan fingerprint density at radius 2 is 1.45 bits per heavy atom. The molecule has 0 aliphatic rings. The summed E-state index contributed by atoms with van der Waals surface area (Å²) >= 11 is 6.26. The van der Waals surface area contributed by atoms with Crippen LogP contribution in [0.5, 0.6) is 0 Å². The zero-order valence-corrected chi connectivity index (χ0v) is 25.2. The number of carbonyl (C=O) groups excluding carboxylic acids is 2. The van der Waals surface area contributed by atoms with Gasteiger partial charge in [0.05, 0.1) is 10.6 Å². The summed E-state index contributed by atoms with van der Waals surface area (Å²) in [5, 5.41) is 3.18. The van der Waals surface area contributed by atoms with Gasteiger partial charge in [-0.25, -0.2) is 8.42 Å². The van der Waals surface area contributed by atoms with Crippen molar-refractivity contribution in [2.75, 3.05) is 17.9 Å². The maximum absolute atomic E-state index is 14.4. The summed E-state index contributed by atoms with van der Waals surface area (Å²) in [6.45, 7) is 1.48. The molecule has 0 saturated carbocycles. The molecule has 0 unspecified atom stereocenters. The first-order valence-electron chi connectivity index (χ1n) is 13.7. The van der Waals surface area contributed by atoms with Gasteiger partial charge >= 0.3 is 0 Å². The molecule has 4 aromatic carbocycles. The first kappa shape index (κ1) is 30.8. The van der Waals surface area contributed by atoms with Gasteiger partial charge in [-0.3, -0.25) is 13.9 Å². The maximum atomic E-state index is 14.4. The molecule has 0 aliphatic heterocycles. The lowest BCUT2D eigenvalue weighted by Gasteiger charge is -2.34. The summed E-state index contributed by atoms with van der Waals surface area (Å²) in [5.74, 6) is -0.884. The zero-order valence-electron chi connectivity index (χ0n) is 23.6. The fourth-order valence-electron chi connectivity index (χ4n) is 4.84. The summed E-state index contributed by atoms with van der Waals surface area (Å²) in [6.07, 6.45) is 0.802. The van der Waals surface area contributed by atoms with Crippen LogP contribution < -0.4 is 9.62 Å². The van der Waals surface area contributed by atoms with Gasteiger partial charge in [-0.2, -0.15) is 0 Å². The molecule has 9 heteroatoms. The Balaban J connectivity index is 1.81. The number of amides is 2. The average Bonchev–Trinajstić information content (AvgIpc) is 3.02. The Kier molecular flexibility index (Phi) is 10.4. The van der Waals surface area contributed by atoms with Crippen LogP contribution in [0.4, 0.5) is 5.69 Å². The second-order valence-electron chi connectivity index (χ2n) is 9.78. The quantitative estimate of drug-likeness (QED) is 0.232. The Labute approximate surface area is 252 Å². The van der Waals surface area contributed by atoms with Crippen molar-refractivity contribution < 1.29 is 18.0 Å². The number of anilines is 1. The largest absolute Gasteiger partial charge is 0.357 e. The van der Waals surface area contributed by atoms with Gasteiger partial charge < -0.3 is 10.2 Å². The molecule has 2 amide bonds. The van der Waals surface area contributed by atoms with Crippen molar-refractivity contribution in [2.45, 2.75) is 37.2 Å². The number of carbonyl (C=O) groups is 2. The highest BCUT2D eigenvalue weighted by Gasteiger charge is 2.34. The minimum absolute atomic E-state index is 0.0545. The van der Waals surface area contributed by atoms with Crippen LogP contribution >= 0.6 is 11.6 Å². The highest BCUT2D eigenvalue weighted by atomic mass is 35.5. The van der Waals surface area contributed by atoms with Crippen LogP contribution in [0, 0.1) is 0 Å². The molecular formula is C33H34ClN3O4S. The standard InChI is InChI=1S/C33H34ClN3O4S/c1-3-27-16-10-11-20-30(27)37(42(40,41)29-18-8-5-9-19-29)24-32(38)36(23-26-15-12-17-28(34)21-26)31(33(39)35-2)22-25-13-6-4-7-14-25/h4-21,31H,3,22-24H2,1-2H3,(H,35,39)/t31-/m0/s1. The molecule has 0 aliphatic carbocycles. The SMILES string of the molecule is CCc1ccccc1N(CC(=O)N(Cc1cccc(Cl)c1)[C@@H](Cc1ccccc1)C(=O)NC)S(=O)(=O)c1ccccc1. The number of nitrogens with zero attached hydrogens (tertiary/aromatic N) is 2. The van der Waals surface area contributed by atoms with E-state index >= 15 is 0 Å². The van der Waals surface area contributed by atoms with Crippen LogP contribution in [-0.2, 0) is 39.0 Å². The molecular weight excluding hydrogens is 570 g/mol. The fourth-order valence-corrected chi connectivity index (χ4v) is 6.52. The topological polar surface area (TPSA) is 86.8 Å². The molecule has 42 heavy (non-hydrogen) atoms. The van der Waals surface area contributed by atoms with Gasteiger partial charge in [0.25, 0.3) is 10.0 Å². The van der Waals surface area contributed by atoms with Gasteiger partial charge in [0, 0.05) is 25.0 Å². The number of benzene rings is 4. The molecule has 0 fully saturated rings. The summed E-state index contributed by atoms with van der Waals surface area (Å²) < 4.78 is 29.3. The molecule has 7 nitrogen and oxygen atoms in total. The normalized spacial score (nSPS) is 11.9. The summed E-state index contributed by atoms with van der Waals surface area (Å²) in [6, 6.07) is 30.7. The highest BCUT2D eigenvalue weighted by Crippen LogP contribution is 2.28. The van der Waals surface area contributed by atoms with Crippen LogP contribution in [0.15, 0.2) is 114 Å². The van der Waals surface area contributed by atoms with E-state index in [2.05, 4.69) is 5.32 Å². The van der Waals surface area contributed by atoms with Crippen LogP contribution in [0.1, 0.15) is 23.6 Å². The Morgan fingerprint density at radius 3 is 2.10 bits per heavy atom. The number of para-hydroxylation sites is 1. The number of aryl methyl sites for hydroxylation is 1. The smallest absolute Gasteiger partial charge is 0.264 e. The van der Waals surface area contributed by atoms with Crippen molar-refractivity contribution in [3.05, 3.63) is 131 Å². The van der Waals surface area contributed by atoms with E-state index in [1.54, 1.807) is 48.5 Å². The Hall–Kier alpha value is -4.14. The molecule has 0 heterocycles. The van der Waals surface area contributed by atoms with E-state index in [1.807, 2.05) is 55.5 Å². The van der Waals surface area contributed by atoms with Crippen LogP contribution in [0.25, 0.3) is 0 Å². The van der Waals surface area contributed by atoms with Crippen molar-refractivity contribution in [1.82, 2.24) is 10.2 Å². The zero-order chi connectivity index (χ0) is 30.1. The molecule has 1 atom stereocenters. The van der Waals surface area contributed by atoms with Crippen LogP contribution in [0.3, 0.4) is 0 Å². The highest BCUT2D eigenvalue weighted by molar-refractivity contribution is 7.92. The van der Waals surface area contributed by atoms with E-state index in [1.165, 1.54) is 24.1 Å². The van der Waals surface area contributed by atoms with E-state index in [0.717, 1.165) is 15.4 Å². The lowest BCUT2D eigenvalue weighted by atomic mass is 10.0. The number of halogens is 1. The van der Waals surface area contributed by atoms with E-state index in [-0.39, 0.29) is 23.8 Å². The molecule has 1 N–H and O–H groups in total. The second-order valence-corrected chi connectivity index (χ2v) is 12.1. The van der Waals surface area contributed by atoms with Gasteiger partial charge in [-0.05, 0) is 53.4 Å².